The van der Waals surface area contributed by atoms with Crippen LogP contribution in [0.25, 0.3) is 0 Å². The lowest BCUT2D eigenvalue weighted by molar-refractivity contribution is 0.303. The van der Waals surface area contributed by atoms with Crippen molar-refractivity contribution in [3.63, 3.8) is 0 Å². The molecule has 1 N–H and O–H groups in total. The zero-order valence-electron chi connectivity index (χ0n) is 12.1. The molecule has 0 aromatic heterocycles. The van der Waals surface area contributed by atoms with E-state index >= 15 is 0 Å². The van der Waals surface area contributed by atoms with Crippen LogP contribution in [-0.4, -0.2) is 20.3 Å². The van der Waals surface area contributed by atoms with Crippen LogP contribution in [0.4, 0.5) is 0 Å². The van der Waals surface area contributed by atoms with Gasteiger partial charge in [0.2, 0.25) is 0 Å². The summed E-state index contributed by atoms with van der Waals surface area (Å²) in [6.07, 6.45) is 1.75. The molecule has 1 aromatic carbocycles. The van der Waals surface area contributed by atoms with E-state index in [-0.39, 0.29) is 0 Å². The van der Waals surface area contributed by atoms with Crippen molar-refractivity contribution in [1.82, 2.24) is 5.32 Å². The van der Waals surface area contributed by atoms with Crippen LogP contribution in [0, 0.1) is 11.8 Å². The third-order valence-corrected chi connectivity index (χ3v) is 2.54. The maximum absolute atomic E-state index is 5.79. The molecular weight excluding hydrogens is 238 g/mol. The average Bonchev–Trinajstić information content (AvgIpc) is 2.43. The molecule has 0 atom stereocenters. The molecule has 104 valence electrons. The topological polar surface area (TPSA) is 30.5 Å². The van der Waals surface area contributed by atoms with Crippen molar-refractivity contribution in [3.8, 4) is 23.3 Å². The van der Waals surface area contributed by atoms with Crippen molar-refractivity contribution < 1.29 is 9.47 Å². The molecule has 1 aromatic rings. The van der Waals surface area contributed by atoms with Gasteiger partial charge in [0.05, 0.1) is 13.2 Å². The van der Waals surface area contributed by atoms with Crippen LogP contribution in [0.3, 0.4) is 0 Å². The highest BCUT2D eigenvalue weighted by Gasteiger charge is 2.05. The summed E-state index contributed by atoms with van der Waals surface area (Å²) in [4.78, 5) is 0. The average molecular weight is 261 g/mol. The fraction of sp³-hybridized carbons (Fsp3) is 0.500. The van der Waals surface area contributed by atoms with Crippen molar-refractivity contribution in [1.29, 1.82) is 0 Å². The standard InChI is InChI=1S/C16H23NO2/c1-4-6-7-11-19-16-12-15(18-10-5-2)9-8-14(16)13-17-3/h8-9,12,17H,5,7,10-11,13H2,1-3H3. The van der Waals surface area contributed by atoms with Crippen molar-refractivity contribution in [2.75, 3.05) is 20.3 Å². The minimum atomic E-state index is 0.606. The molecule has 0 aliphatic heterocycles. The molecule has 0 saturated carbocycles. The predicted octanol–water partition coefficient (Wildman–Crippen LogP) is 2.99. The Hall–Kier alpha value is -1.66. The number of hydrogen-bond acceptors (Lipinski definition) is 3. The van der Waals surface area contributed by atoms with E-state index in [1.807, 2.05) is 32.2 Å². The highest BCUT2D eigenvalue weighted by molar-refractivity contribution is 5.40. The van der Waals surface area contributed by atoms with Gasteiger partial charge in [0.25, 0.3) is 0 Å². The van der Waals surface area contributed by atoms with Gasteiger partial charge in [0.15, 0.2) is 0 Å². The summed E-state index contributed by atoms with van der Waals surface area (Å²) in [5.74, 6) is 7.60. The van der Waals surface area contributed by atoms with Crippen molar-refractivity contribution in [2.45, 2.75) is 33.2 Å². The van der Waals surface area contributed by atoms with Crippen LogP contribution in [0.2, 0.25) is 0 Å². The van der Waals surface area contributed by atoms with Crippen molar-refractivity contribution in [3.05, 3.63) is 23.8 Å². The Morgan fingerprint density at radius 3 is 2.74 bits per heavy atom. The van der Waals surface area contributed by atoms with Crippen molar-refractivity contribution >= 4 is 0 Å². The minimum absolute atomic E-state index is 0.606. The second kappa shape index (κ2) is 9.29. The van der Waals surface area contributed by atoms with Gasteiger partial charge in [-0.3, -0.25) is 0 Å². The van der Waals surface area contributed by atoms with Gasteiger partial charge in [0, 0.05) is 24.6 Å². The fourth-order valence-electron chi connectivity index (χ4n) is 1.65. The van der Waals surface area contributed by atoms with E-state index in [4.69, 9.17) is 9.47 Å². The Labute approximate surface area is 116 Å². The van der Waals surface area contributed by atoms with Gasteiger partial charge < -0.3 is 14.8 Å². The maximum atomic E-state index is 5.79. The molecule has 19 heavy (non-hydrogen) atoms. The molecule has 0 saturated heterocycles. The van der Waals surface area contributed by atoms with Crippen molar-refractivity contribution in [2.24, 2.45) is 0 Å². The number of hydrogen-bond donors (Lipinski definition) is 1. The molecule has 3 nitrogen and oxygen atoms in total. The summed E-state index contributed by atoms with van der Waals surface area (Å²) in [6.45, 7) is 6.05. The molecule has 0 heterocycles. The van der Waals surface area contributed by atoms with Crippen LogP contribution in [0.5, 0.6) is 11.5 Å². The fourth-order valence-corrected chi connectivity index (χ4v) is 1.65. The van der Waals surface area contributed by atoms with Gasteiger partial charge >= 0.3 is 0 Å². The highest BCUT2D eigenvalue weighted by Crippen LogP contribution is 2.25. The molecule has 0 bridgehead atoms. The van der Waals surface area contributed by atoms with Crippen LogP contribution in [0.1, 0.15) is 32.3 Å². The Balaban J connectivity index is 2.71. The first-order valence-electron chi connectivity index (χ1n) is 6.74. The molecule has 1 rings (SSSR count). The van der Waals surface area contributed by atoms with Crippen LogP contribution < -0.4 is 14.8 Å². The first-order valence-corrected chi connectivity index (χ1v) is 6.74. The minimum Gasteiger partial charge on any atom is -0.493 e. The number of nitrogens with one attached hydrogen (secondary N) is 1. The Morgan fingerprint density at radius 2 is 2.05 bits per heavy atom. The molecule has 0 aliphatic carbocycles. The second-order valence-electron chi connectivity index (χ2n) is 4.17. The molecule has 0 unspecified atom stereocenters. The van der Waals surface area contributed by atoms with Crippen LogP contribution >= 0.6 is 0 Å². The Bertz CT molecular complexity index is 432. The van der Waals surface area contributed by atoms with Crippen LogP contribution in [-0.2, 0) is 6.54 Å². The molecule has 3 heteroatoms. The number of rotatable bonds is 8. The van der Waals surface area contributed by atoms with Gasteiger partial charge in [-0.1, -0.05) is 13.0 Å². The Kier molecular flexibility index (Phi) is 7.53. The molecule has 0 amide bonds. The van der Waals surface area contributed by atoms with Crippen LogP contribution in [0.15, 0.2) is 18.2 Å². The van der Waals surface area contributed by atoms with E-state index in [1.165, 1.54) is 0 Å². The Morgan fingerprint density at radius 1 is 1.21 bits per heavy atom. The SMILES string of the molecule is CC#CCCOc1cc(OCCC)ccc1CNC. The lowest BCUT2D eigenvalue weighted by Gasteiger charge is -2.13. The lowest BCUT2D eigenvalue weighted by atomic mass is 10.2. The summed E-state index contributed by atoms with van der Waals surface area (Å²) < 4.78 is 11.4. The first-order chi connectivity index (χ1) is 9.31. The third kappa shape index (κ3) is 5.67. The normalized spacial score (nSPS) is 9.63. The third-order valence-electron chi connectivity index (χ3n) is 2.54. The second-order valence-corrected chi connectivity index (χ2v) is 4.17. The molecule has 0 spiro atoms. The molecular formula is C16H23NO2. The zero-order valence-corrected chi connectivity index (χ0v) is 12.1. The summed E-state index contributed by atoms with van der Waals surface area (Å²) in [5, 5.41) is 3.14. The van der Waals surface area contributed by atoms with Gasteiger partial charge in [-0.05, 0) is 26.5 Å². The van der Waals surface area contributed by atoms with E-state index in [1.54, 1.807) is 0 Å². The summed E-state index contributed by atoms with van der Waals surface area (Å²) in [7, 11) is 1.92. The quantitative estimate of drug-likeness (QED) is 0.576. The monoisotopic (exact) mass is 261 g/mol. The number of benzene rings is 1. The van der Waals surface area contributed by atoms with E-state index < -0.39 is 0 Å². The smallest absolute Gasteiger partial charge is 0.127 e. The predicted molar refractivity (Wildman–Crippen MR) is 78.6 cm³/mol. The van der Waals surface area contributed by atoms with Gasteiger partial charge in [-0.2, -0.15) is 0 Å². The maximum Gasteiger partial charge on any atom is 0.127 e. The van der Waals surface area contributed by atoms with E-state index in [2.05, 4.69) is 24.1 Å². The lowest BCUT2D eigenvalue weighted by Crippen LogP contribution is -2.08. The van der Waals surface area contributed by atoms with E-state index in [0.717, 1.165) is 43.1 Å². The molecule has 0 fully saturated rings. The number of ether oxygens (including phenoxy) is 2. The highest BCUT2D eigenvalue weighted by atomic mass is 16.5. The van der Waals surface area contributed by atoms with Gasteiger partial charge in [-0.25, -0.2) is 0 Å². The first kappa shape index (κ1) is 15.4. The summed E-state index contributed by atoms with van der Waals surface area (Å²) in [5.41, 5.74) is 1.14. The van der Waals surface area contributed by atoms with E-state index in [9.17, 15) is 0 Å². The summed E-state index contributed by atoms with van der Waals surface area (Å²) in [6, 6.07) is 5.99. The van der Waals surface area contributed by atoms with Gasteiger partial charge in [0.1, 0.15) is 11.5 Å². The molecule has 0 radical (unpaired) electrons. The van der Waals surface area contributed by atoms with E-state index in [0.29, 0.717) is 6.61 Å². The van der Waals surface area contributed by atoms with Gasteiger partial charge in [-0.15, -0.1) is 11.8 Å². The largest absolute Gasteiger partial charge is 0.493 e. The molecule has 0 aliphatic rings. The zero-order chi connectivity index (χ0) is 13.9. The summed E-state index contributed by atoms with van der Waals surface area (Å²) >= 11 is 0.